The van der Waals surface area contributed by atoms with E-state index in [0.717, 1.165) is 49.3 Å². The van der Waals surface area contributed by atoms with Gasteiger partial charge in [0.1, 0.15) is 0 Å². The second-order valence-electron chi connectivity index (χ2n) is 4.29. The fourth-order valence-corrected chi connectivity index (χ4v) is 3.22. The zero-order valence-corrected chi connectivity index (χ0v) is 15.4. The topological polar surface area (TPSA) is 21.7 Å². The molecule has 0 saturated carbocycles. The molecule has 5 heteroatoms. The van der Waals surface area contributed by atoms with Crippen LogP contribution in [0.5, 0.6) is 0 Å². The van der Waals surface area contributed by atoms with Crippen molar-refractivity contribution in [1.29, 1.82) is 0 Å². The number of ether oxygens (including phenoxy) is 2. The summed E-state index contributed by atoms with van der Waals surface area (Å²) < 4.78 is 12.1. The van der Waals surface area contributed by atoms with Gasteiger partial charge in [-0.15, -0.1) is 0 Å². The summed E-state index contributed by atoms with van der Waals surface area (Å²) in [5.41, 5.74) is 2.45. The van der Waals surface area contributed by atoms with E-state index < -0.39 is 0 Å². The van der Waals surface area contributed by atoms with Gasteiger partial charge in [-0.3, -0.25) is 0 Å². The van der Waals surface area contributed by atoms with Gasteiger partial charge < -0.3 is 14.4 Å². The monoisotopic (exact) mass is 407 g/mol. The molecule has 0 bridgehead atoms. The highest BCUT2D eigenvalue weighted by molar-refractivity contribution is 9.10. The Hall–Kier alpha value is -0.100. The van der Waals surface area contributed by atoms with Crippen molar-refractivity contribution in [3.05, 3.63) is 28.2 Å². The first kappa shape index (κ1) is 18.0. The summed E-state index contributed by atoms with van der Waals surface area (Å²) in [6, 6.07) is 6.45. The molecule has 0 aliphatic carbocycles. The van der Waals surface area contributed by atoms with Crippen LogP contribution in [0, 0.1) is 0 Å². The van der Waals surface area contributed by atoms with Crippen molar-refractivity contribution in [2.45, 2.75) is 19.2 Å². The maximum absolute atomic E-state index is 5.47. The van der Waals surface area contributed by atoms with Gasteiger partial charge in [-0.05, 0) is 31.5 Å². The summed E-state index contributed by atoms with van der Waals surface area (Å²) in [4.78, 5) is 2.30. The third-order valence-electron chi connectivity index (χ3n) is 2.97. The van der Waals surface area contributed by atoms with Crippen LogP contribution in [0.1, 0.15) is 19.4 Å². The van der Waals surface area contributed by atoms with Gasteiger partial charge in [0.15, 0.2) is 0 Å². The molecule has 0 N–H and O–H groups in total. The maximum Gasteiger partial charge on any atom is 0.0641 e. The van der Waals surface area contributed by atoms with Crippen molar-refractivity contribution < 1.29 is 9.47 Å². The SMILES string of the molecule is CCOCCN(CCOCC)c1ccc(CBr)c(Br)c1. The van der Waals surface area contributed by atoms with Gasteiger partial charge in [-0.1, -0.05) is 37.9 Å². The molecule has 0 radical (unpaired) electrons. The predicted octanol–water partition coefficient (Wildman–Crippen LogP) is 4.22. The van der Waals surface area contributed by atoms with Gasteiger partial charge in [0.25, 0.3) is 0 Å². The number of hydrogen-bond donors (Lipinski definition) is 0. The van der Waals surface area contributed by atoms with Crippen LogP contribution >= 0.6 is 31.9 Å². The Morgan fingerprint density at radius 2 is 1.65 bits per heavy atom. The van der Waals surface area contributed by atoms with Gasteiger partial charge in [0.2, 0.25) is 0 Å². The molecule has 0 amide bonds. The number of hydrogen-bond acceptors (Lipinski definition) is 3. The third kappa shape index (κ3) is 6.12. The third-order valence-corrected chi connectivity index (χ3v) is 4.31. The molecule has 1 aromatic rings. The Balaban J connectivity index is 2.71. The minimum atomic E-state index is 0.737. The van der Waals surface area contributed by atoms with Crippen molar-refractivity contribution in [3.63, 3.8) is 0 Å². The molecule has 0 aliphatic rings. The largest absolute Gasteiger partial charge is 0.380 e. The van der Waals surface area contributed by atoms with Crippen molar-refractivity contribution >= 4 is 37.5 Å². The van der Waals surface area contributed by atoms with Crippen LogP contribution in [-0.4, -0.2) is 39.5 Å². The number of halogens is 2. The average Bonchev–Trinajstić information content (AvgIpc) is 2.46. The smallest absolute Gasteiger partial charge is 0.0641 e. The number of rotatable bonds is 10. The Morgan fingerprint density at radius 3 is 2.10 bits per heavy atom. The van der Waals surface area contributed by atoms with E-state index in [1.807, 2.05) is 13.8 Å². The van der Waals surface area contributed by atoms with E-state index in [2.05, 4.69) is 55.0 Å². The molecular weight excluding hydrogens is 386 g/mol. The summed E-state index contributed by atoms with van der Waals surface area (Å²) in [6.45, 7) is 8.78. The molecule has 0 unspecified atom stereocenters. The predicted molar refractivity (Wildman–Crippen MR) is 92.0 cm³/mol. The van der Waals surface area contributed by atoms with E-state index in [4.69, 9.17) is 9.47 Å². The lowest BCUT2D eigenvalue weighted by atomic mass is 10.2. The lowest BCUT2D eigenvalue weighted by Gasteiger charge is -2.25. The zero-order valence-electron chi connectivity index (χ0n) is 12.2. The lowest BCUT2D eigenvalue weighted by Crippen LogP contribution is -2.31. The molecule has 0 fully saturated rings. The fraction of sp³-hybridized carbons (Fsp3) is 0.600. The van der Waals surface area contributed by atoms with Crippen molar-refractivity contribution in [1.82, 2.24) is 0 Å². The van der Waals surface area contributed by atoms with E-state index in [-0.39, 0.29) is 0 Å². The number of nitrogens with zero attached hydrogens (tertiary/aromatic N) is 1. The number of benzene rings is 1. The Kier molecular flexibility index (Phi) is 9.52. The summed E-state index contributed by atoms with van der Waals surface area (Å²) in [5.74, 6) is 0. The quantitative estimate of drug-likeness (QED) is 0.427. The van der Waals surface area contributed by atoms with Gasteiger partial charge >= 0.3 is 0 Å². The van der Waals surface area contributed by atoms with Gasteiger partial charge in [0, 0.05) is 41.8 Å². The van der Waals surface area contributed by atoms with Crippen LogP contribution in [0.2, 0.25) is 0 Å². The van der Waals surface area contributed by atoms with E-state index >= 15 is 0 Å². The standard InChI is InChI=1S/C15H23Br2NO2/c1-3-19-9-7-18(8-10-20-4-2)14-6-5-13(12-16)15(17)11-14/h5-6,11H,3-4,7-10,12H2,1-2H3. The van der Waals surface area contributed by atoms with Crippen LogP contribution in [0.4, 0.5) is 5.69 Å². The van der Waals surface area contributed by atoms with Crippen molar-refractivity contribution in [2.75, 3.05) is 44.4 Å². The highest BCUT2D eigenvalue weighted by atomic mass is 79.9. The molecule has 0 aliphatic heterocycles. The Bertz CT molecular complexity index is 378. The van der Waals surface area contributed by atoms with Gasteiger partial charge in [0.05, 0.1) is 13.2 Å². The molecule has 1 aromatic carbocycles. The normalized spacial score (nSPS) is 10.8. The van der Waals surface area contributed by atoms with Crippen LogP contribution in [-0.2, 0) is 14.8 Å². The van der Waals surface area contributed by atoms with Crippen LogP contribution in [0.15, 0.2) is 22.7 Å². The first-order valence-corrected chi connectivity index (χ1v) is 8.89. The molecule has 20 heavy (non-hydrogen) atoms. The van der Waals surface area contributed by atoms with Gasteiger partial charge in [-0.25, -0.2) is 0 Å². The Labute approximate surface area is 138 Å². The van der Waals surface area contributed by atoms with Crippen LogP contribution in [0.25, 0.3) is 0 Å². The van der Waals surface area contributed by atoms with Crippen LogP contribution < -0.4 is 4.90 Å². The summed E-state index contributed by atoms with van der Waals surface area (Å²) in [6.07, 6.45) is 0. The highest BCUT2D eigenvalue weighted by Crippen LogP contribution is 2.25. The minimum Gasteiger partial charge on any atom is -0.380 e. The van der Waals surface area contributed by atoms with E-state index in [1.165, 1.54) is 11.3 Å². The summed E-state index contributed by atoms with van der Waals surface area (Å²) in [5, 5.41) is 0.853. The van der Waals surface area contributed by atoms with E-state index in [9.17, 15) is 0 Å². The second kappa shape index (κ2) is 10.6. The Morgan fingerprint density at radius 1 is 1.05 bits per heavy atom. The molecule has 0 aromatic heterocycles. The fourth-order valence-electron chi connectivity index (χ4n) is 1.85. The molecule has 0 heterocycles. The molecule has 114 valence electrons. The number of alkyl halides is 1. The highest BCUT2D eigenvalue weighted by Gasteiger charge is 2.08. The van der Waals surface area contributed by atoms with Crippen molar-refractivity contribution in [3.8, 4) is 0 Å². The first-order chi connectivity index (χ1) is 9.72. The molecule has 3 nitrogen and oxygen atoms in total. The molecule has 0 atom stereocenters. The summed E-state index contributed by atoms with van der Waals surface area (Å²) >= 11 is 7.11. The maximum atomic E-state index is 5.47. The second-order valence-corrected chi connectivity index (χ2v) is 5.71. The molecule has 0 spiro atoms. The molecule has 1 rings (SSSR count). The minimum absolute atomic E-state index is 0.737. The average molecular weight is 409 g/mol. The molecule has 0 saturated heterocycles. The number of anilines is 1. The zero-order chi connectivity index (χ0) is 14.8. The van der Waals surface area contributed by atoms with E-state index in [1.54, 1.807) is 0 Å². The van der Waals surface area contributed by atoms with Gasteiger partial charge in [-0.2, -0.15) is 0 Å². The lowest BCUT2D eigenvalue weighted by molar-refractivity contribution is 0.141. The molecular formula is C15H23Br2NO2. The summed E-state index contributed by atoms with van der Waals surface area (Å²) in [7, 11) is 0. The van der Waals surface area contributed by atoms with Crippen molar-refractivity contribution in [2.24, 2.45) is 0 Å². The van der Waals surface area contributed by atoms with E-state index in [0.29, 0.717) is 0 Å². The van der Waals surface area contributed by atoms with Crippen LogP contribution in [0.3, 0.4) is 0 Å². The first-order valence-electron chi connectivity index (χ1n) is 6.97.